The first-order chi connectivity index (χ1) is 17.3. The van der Waals surface area contributed by atoms with Crippen molar-refractivity contribution >= 4 is 28.7 Å². The highest BCUT2D eigenvalue weighted by Crippen LogP contribution is 2.43. The zero-order valence-electron chi connectivity index (χ0n) is 19.2. The predicted molar refractivity (Wildman–Crippen MR) is 142 cm³/mol. The fourth-order valence-electron chi connectivity index (χ4n) is 4.84. The van der Waals surface area contributed by atoms with Crippen molar-refractivity contribution in [3.63, 3.8) is 0 Å². The monoisotopic (exact) mass is 482 g/mol. The van der Waals surface area contributed by atoms with E-state index in [1.165, 1.54) is 5.69 Å². The van der Waals surface area contributed by atoms with Crippen LogP contribution in [0.3, 0.4) is 0 Å². The zero-order chi connectivity index (χ0) is 23.6. The van der Waals surface area contributed by atoms with E-state index < -0.39 is 0 Å². The standard InChI is InChI=1S/C28H26N4O2S/c35-28-30-26(23-8-4-5-15-29-23)27(25-14-13-24(34-25)20-6-2-1-3-7-20)32(28)22-11-9-21(10-12-22)31-16-18-33-19-17-31/h1-15,26-27H,16-19H2,(H,30,35)/t26-,27+/m0/s1. The molecule has 2 saturated heterocycles. The van der Waals surface area contributed by atoms with Crippen molar-refractivity contribution in [3.05, 3.63) is 103 Å². The van der Waals surface area contributed by atoms with Crippen LogP contribution in [0, 0.1) is 0 Å². The summed E-state index contributed by atoms with van der Waals surface area (Å²) in [5, 5.41) is 4.16. The van der Waals surface area contributed by atoms with Crippen molar-refractivity contribution in [1.82, 2.24) is 10.3 Å². The van der Waals surface area contributed by atoms with Gasteiger partial charge in [0, 0.05) is 36.2 Å². The summed E-state index contributed by atoms with van der Waals surface area (Å²) in [5.41, 5.74) is 4.17. The molecule has 0 amide bonds. The number of nitrogens with one attached hydrogen (secondary N) is 1. The van der Waals surface area contributed by atoms with Gasteiger partial charge in [-0.15, -0.1) is 0 Å². The molecule has 2 aliphatic heterocycles. The molecule has 0 radical (unpaired) electrons. The molecule has 0 bridgehead atoms. The Hall–Kier alpha value is -3.68. The number of pyridine rings is 1. The summed E-state index contributed by atoms with van der Waals surface area (Å²) >= 11 is 5.85. The number of rotatable bonds is 5. The molecule has 176 valence electrons. The van der Waals surface area contributed by atoms with Gasteiger partial charge in [-0.1, -0.05) is 36.4 Å². The van der Waals surface area contributed by atoms with Crippen LogP contribution < -0.4 is 15.1 Å². The third-order valence-corrected chi connectivity index (χ3v) is 6.89. The fraction of sp³-hybridized carbons (Fsp3) is 0.214. The SMILES string of the molecule is S=C1N[C@@H](c2ccccn2)[C@@H](c2ccc(-c3ccccc3)o2)N1c1ccc(N2CCOCC2)cc1. The molecule has 0 spiro atoms. The van der Waals surface area contributed by atoms with Gasteiger partial charge in [-0.05, 0) is 60.7 Å². The molecule has 0 unspecified atom stereocenters. The number of thiocarbonyl (C=S) groups is 1. The van der Waals surface area contributed by atoms with Gasteiger partial charge in [0.1, 0.15) is 17.6 Å². The van der Waals surface area contributed by atoms with Crippen molar-refractivity contribution in [2.24, 2.45) is 0 Å². The Balaban J connectivity index is 1.37. The molecule has 2 atom stereocenters. The van der Waals surface area contributed by atoms with E-state index in [1.54, 1.807) is 0 Å². The summed E-state index contributed by atoms with van der Waals surface area (Å²) in [6, 6.07) is 28.4. The molecule has 4 heterocycles. The van der Waals surface area contributed by atoms with Gasteiger partial charge in [-0.2, -0.15) is 0 Å². The molecule has 35 heavy (non-hydrogen) atoms. The summed E-state index contributed by atoms with van der Waals surface area (Å²) in [6.07, 6.45) is 1.81. The van der Waals surface area contributed by atoms with Gasteiger partial charge in [0.2, 0.25) is 0 Å². The van der Waals surface area contributed by atoms with E-state index in [1.807, 2.05) is 54.7 Å². The van der Waals surface area contributed by atoms with Gasteiger partial charge in [-0.3, -0.25) is 4.98 Å². The highest BCUT2D eigenvalue weighted by atomic mass is 32.1. The van der Waals surface area contributed by atoms with Crippen molar-refractivity contribution in [3.8, 4) is 11.3 Å². The lowest BCUT2D eigenvalue weighted by Crippen LogP contribution is -2.36. The van der Waals surface area contributed by atoms with Gasteiger partial charge in [0.25, 0.3) is 0 Å². The second kappa shape index (κ2) is 9.52. The quantitative estimate of drug-likeness (QED) is 0.385. The number of ether oxygens (including phenoxy) is 1. The van der Waals surface area contributed by atoms with Crippen LogP contribution in [0.4, 0.5) is 11.4 Å². The Morgan fingerprint density at radius 2 is 1.57 bits per heavy atom. The predicted octanol–water partition coefficient (Wildman–Crippen LogP) is 5.36. The maximum Gasteiger partial charge on any atom is 0.174 e. The lowest BCUT2D eigenvalue weighted by atomic mass is 10.0. The van der Waals surface area contributed by atoms with Gasteiger partial charge in [0.05, 0.1) is 24.9 Å². The second-order valence-corrected chi connectivity index (χ2v) is 9.07. The molecular weight excluding hydrogens is 456 g/mol. The van der Waals surface area contributed by atoms with Crippen molar-refractivity contribution < 1.29 is 9.15 Å². The van der Waals surface area contributed by atoms with Crippen LogP contribution in [-0.4, -0.2) is 36.4 Å². The number of hydrogen-bond donors (Lipinski definition) is 1. The molecule has 7 heteroatoms. The largest absolute Gasteiger partial charge is 0.459 e. The van der Waals surface area contributed by atoms with Gasteiger partial charge < -0.3 is 24.3 Å². The van der Waals surface area contributed by atoms with Crippen LogP contribution in [0.15, 0.2) is 95.5 Å². The first-order valence-corrected chi connectivity index (χ1v) is 12.3. The van der Waals surface area contributed by atoms with Crippen LogP contribution in [0.2, 0.25) is 0 Å². The lowest BCUT2D eigenvalue weighted by molar-refractivity contribution is 0.122. The molecule has 2 aromatic heterocycles. The van der Waals surface area contributed by atoms with E-state index in [0.29, 0.717) is 5.11 Å². The summed E-state index contributed by atoms with van der Waals surface area (Å²) in [6.45, 7) is 3.33. The Morgan fingerprint density at radius 1 is 0.829 bits per heavy atom. The number of anilines is 2. The Bertz CT molecular complexity index is 1290. The number of aromatic nitrogens is 1. The van der Waals surface area contributed by atoms with Crippen LogP contribution in [-0.2, 0) is 4.74 Å². The molecule has 2 aromatic carbocycles. The summed E-state index contributed by atoms with van der Waals surface area (Å²) in [7, 11) is 0. The average molecular weight is 483 g/mol. The van der Waals surface area contributed by atoms with E-state index in [-0.39, 0.29) is 12.1 Å². The number of hydrogen-bond acceptors (Lipinski definition) is 5. The molecule has 6 rings (SSSR count). The minimum Gasteiger partial charge on any atom is -0.459 e. The number of benzene rings is 2. The maximum atomic E-state index is 6.43. The molecule has 6 nitrogen and oxygen atoms in total. The average Bonchev–Trinajstić information content (AvgIpc) is 3.55. The maximum absolute atomic E-state index is 6.43. The third-order valence-electron chi connectivity index (χ3n) is 6.58. The molecular formula is C28H26N4O2S. The zero-order valence-corrected chi connectivity index (χ0v) is 20.0. The molecule has 4 aromatic rings. The Labute approximate surface area is 210 Å². The smallest absolute Gasteiger partial charge is 0.174 e. The first-order valence-electron chi connectivity index (χ1n) is 11.9. The van der Waals surface area contributed by atoms with Crippen LogP contribution in [0.25, 0.3) is 11.3 Å². The molecule has 0 saturated carbocycles. The van der Waals surface area contributed by atoms with Crippen molar-refractivity contribution in [2.75, 3.05) is 36.1 Å². The van der Waals surface area contributed by atoms with E-state index in [4.69, 9.17) is 21.4 Å². The summed E-state index contributed by atoms with van der Waals surface area (Å²) in [4.78, 5) is 9.12. The van der Waals surface area contributed by atoms with Gasteiger partial charge in [-0.25, -0.2) is 0 Å². The third kappa shape index (κ3) is 4.29. The van der Waals surface area contributed by atoms with Crippen LogP contribution >= 0.6 is 12.2 Å². The summed E-state index contributed by atoms with van der Waals surface area (Å²) in [5.74, 6) is 1.67. The highest BCUT2D eigenvalue weighted by molar-refractivity contribution is 7.80. The fourth-order valence-corrected chi connectivity index (χ4v) is 5.18. The van der Waals surface area contributed by atoms with E-state index in [9.17, 15) is 0 Å². The van der Waals surface area contributed by atoms with Gasteiger partial charge in [0.15, 0.2) is 5.11 Å². The molecule has 1 N–H and O–H groups in total. The minimum absolute atomic E-state index is 0.141. The van der Waals surface area contributed by atoms with E-state index in [2.05, 4.69) is 56.5 Å². The van der Waals surface area contributed by atoms with Crippen LogP contribution in [0.5, 0.6) is 0 Å². The van der Waals surface area contributed by atoms with E-state index >= 15 is 0 Å². The first kappa shape index (κ1) is 21.8. The van der Waals surface area contributed by atoms with Crippen molar-refractivity contribution in [2.45, 2.75) is 12.1 Å². The lowest BCUT2D eigenvalue weighted by Gasteiger charge is -2.30. The normalized spacial score (nSPS) is 20.2. The Morgan fingerprint density at radius 3 is 2.31 bits per heavy atom. The molecule has 2 aliphatic rings. The summed E-state index contributed by atoms with van der Waals surface area (Å²) < 4.78 is 11.9. The second-order valence-electron chi connectivity index (χ2n) is 8.68. The van der Waals surface area contributed by atoms with Gasteiger partial charge >= 0.3 is 0 Å². The number of nitrogens with zero attached hydrogens (tertiary/aromatic N) is 3. The number of furan rings is 1. The van der Waals surface area contributed by atoms with E-state index in [0.717, 1.165) is 54.8 Å². The molecule has 2 fully saturated rings. The Kier molecular flexibility index (Phi) is 5.94. The number of morpholine rings is 1. The minimum atomic E-state index is -0.177. The van der Waals surface area contributed by atoms with Crippen molar-refractivity contribution in [1.29, 1.82) is 0 Å². The molecule has 0 aliphatic carbocycles. The topological polar surface area (TPSA) is 53.8 Å². The highest BCUT2D eigenvalue weighted by Gasteiger charge is 2.42. The van der Waals surface area contributed by atoms with Crippen LogP contribution in [0.1, 0.15) is 23.5 Å².